The summed E-state index contributed by atoms with van der Waals surface area (Å²) in [7, 11) is 0. The third-order valence-corrected chi connectivity index (χ3v) is 6.83. The summed E-state index contributed by atoms with van der Waals surface area (Å²) in [4.78, 5) is 39.9. The van der Waals surface area contributed by atoms with E-state index in [1.807, 2.05) is 12.1 Å². The van der Waals surface area contributed by atoms with Gasteiger partial charge in [0.2, 0.25) is 0 Å². The van der Waals surface area contributed by atoms with Gasteiger partial charge < -0.3 is 9.73 Å². The van der Waals surface area contributed by atoms with E-state index in [9.17, 15) is 18.8 Å². The number of fused-ring (bicyclic) bond motifs is 1. The smallest absolute Gasteiger partial charge is 0.322 e. The van der Waals surface area contributed by atoms with Gasteiger partial charge in [0.05, 0.1) is 11.6 Å². The average molecular weight is 449 g/mol. The Bertz CT molecular complexity index is 1280. The summed E-state index contributed by atoms with van der Waals surface area (Å²) in [5, 5.41) is 5.70. The summed E-state index contributed by atoms with van der Waals surface area (Å²) >= 11 is 0. The van der Waals surface area contributed by atoms with Crippen LogP contribution >= 0.6 is 0 Å². The molecular formula is C25H24FN3O4. The molecular weight excluding hydrogens is 425 g/mol. The Morgan fingerprint density at radius 3 is 2.45 bits per heavy atom. The van der Waals surface area contributed by atoms with Crippen molar-refractivity contribution in [1.29, 1.82) is 0 Å². The van der Waals surface area contributed by atoms with Gasteiger partial charge >= 0.3 is 6.03 Å². The number of nitrogens with zero attached hydrogens (tertiary/aromatic N) is 1. The number of rotatable bonds is 5. The molecule has 170 valence electrons. The molecule has 2 aliphatic rings. The zero-order chi connectivity index (χ0) is 23.0. The molecule has 0 aliphatic carbocycles. The second-order valence-electron chi connectivity index (χ2n) is 8.78. The van der Waals surface area contributed by atoms with Gasteiger partial charge in [0, 0.05) is 18.5 Å². The minimum atomic E-state index is -1.19. The van der Waals surface area contributed by atoms with E-state index in [0.717, 1.165) is 0 Å². The Morgan fingerprint density at radius 2 is 1.73 bits per heavy atom. The van der Waals surface area contributed by atoms with Gasteiger partial charge in [0.15, 0.2) is 5.43 Å². The van der Waals surface area contributed by atoms with E-state index >= 15 is 0 Å². The van der Waals surface area contributed by atoms with E-state index in [4.69, 9.17) is 4.42 Å². The zero-order valence-corrected chi connectivity index (χ0v) is 18.0. The van der Waals surface area contributed by atoms with Crippen LogP contribution in [0.3, 0.4) is 0 Å². The molecule has 33 heavy (non-hydrogen) atoms. The largest absolute Gasteiger partial charge is 0.464 e. The van der Waals surface area contributed by atoms with Gasteiger partial charge in [-0.3, -0.25) is 19.8 Å². The maximum Gasteiger partial charge on any atom is 0.322 e. The van der Waals surface area contributed by atoms with Crippen LogP contribution in [0.2, 0.25) is 0 Å². The van der Waals surface area contributed by atoms with E-state index < -0.39 is 23.3 Å². The highest BCUT2D eigenvalue weighted by atomic mass is 19.1. The maximum absolute atomic E-state index is 14.4. The average Bonchev–Trinajstić information content (AvgIpc) is 3.11. The van der Waals surface area contributed by atoms with Gasteiger partial charge in [0.25, 0.3) is 5.91 Å². The first kappa shape index (κ1) is 21.3. The molecule has 3 amide bonds. The highest BCUT2D eigenvalue weighted by molar-refractivity contribution is 6.07. The minimum Gasteiger partial charge on any atom is -0.464 e. The lowest BCUT2D eigenvalue weighted by atomic mass is 9.74. The van der Waals surface area contributed by atoms with Crippen molar-refractivity contribution in [1.82, 2.24) is 15.5 Å². The van der Waals surface area contributed by atoms with Gasteiger partial charge in [-0.2, -0.15) is 0 Å². The molecule has 0 spiro atoms. The number of imide groups is 1. The number of hydrogen-bond acceptors (Lipinski definition) is 5. The van der Waals surface area contributed by atoms with Crippen LogP contribution < -0.4 is 16.1 Å². The van der Waals surface area contributed by atoms with Gasteiger partial charge in [0.1, 0.15) is 16.9 Å². The number of piperidine rings is 1. The molecule has 1 unspecified atom stereocenters. The third-order valence-electron chi connectivity index (χ3n) is 6.83. The van der Waals surface area contributed by atoms with E-state index in [2.05, 4.69) is 15.5 Å². The topological polar surface area (TPSA) is 91.7 Å². The van der Waals surface area contributed by atoms with Crippen molar-refractivity contribution in [2.75, 3.05) is 13.1 Å². The Labute approximate surface area is 189 Å². The number of urea groups is 1. The number of amides is 3. The number of carbonyl (C=O) groups excluding carboxylic acids is 2. The zero-order valence-electron chi connectivity index (χ0n) is 18.0. The van der Waals surface area contributed by atoms with Crippen LogP contribution in [0.5, 0.6) is 0 Å². The molecule has 3 heterocycles. The number of benzene rings is 2. The Balaban J connectivity index is 1.33. The minimum absolute atomic E-state index is 0.0440. The van der Waals surface area contributed by atoms with Crippen LogP contribution in [0.25, 0.3) is 11.0 Å². The summed E-state index contributed by atoms with van der Waals surface area (Å²) in [5.41, 5.74) is 0.305. The van der Waals surface area contributed by atoms with E-state index in [-0.39, 0.29) is 17.8 Å². The first-order valence-electron chi connectivity index (χ1n) is 11.0. The van der Waals surface area contributed by atoms with Crippen molar-refractivity contribution < 1.29 is 18.4 Å². The second kappa shape index (κ2) is 8.44. The first-order chi connectivity index (χ1) is 16.0. The predicted octanol–water partition coefficient (Wildman–Crippen LogP) is 2.97. The molecule has 3 aromatic rings. The van der Waals surface area contributed by atoms with E-state index in [0.29, 0.717) is 54.6 Å². The first-order valence-corrected chi connectivity index (χ1v) is 11.0. The van der Waals surface area contributed by atoms with Crippen molar-refractivity contribution in [2.24, 2.45) is 5.92 Å². The lowest BCUT2D eigenvalue weighted by Crippen LogP contribution is -2.57. The van der Waals surface area contributed by atoms with Gasteiger partial charge in [-0.15, -0.1) is 0 Å². The highest BCUT2D eigenvalue weighted by Gasteiger charge is 2.52. The van der Waals surface area contributed by atoms with Crippen LogP contribution in [-0.2, 0) is 17.8 Å². The molecule has 5 rings (SSSR count). The molecule has 1 atom stereocenters. The third kappa shape index (κ3) is 3.91. The van der Waals surface area contributed by atoms with Crippen molar-refractivity contribution in [3.8, 4) is 0 Å². The Kier molecular flexibility index (Phi) is 5.46. The molecule has 2 N–H and O–H groups in total. The molecule has 2 saturated heterocycles. The summed E-state index contributed by atoms with van der Waals surface area (Å²) in [5.74, 6) is -0.969. The van der Waals surface area contributed by atoms with Crippen LogP contribution in [0.1, 0.15) is 24.0 Å². The van der Waals surface area contributed by atoms with E-state index in [1.54, 1.807) is 30.3 Å². The fraction of sp³-hybridized carbons (Fsp3) is 0.320. The molecule has 8 heteroatoms. The lowest BCUT2D eigenvalue weighted by Gasteiger charge is -2.40. The molecule has 7 nitrogen and oxygen atoms in total. The fourth-order valence-electron chi connectivity index (χ4n) is 5.06. The quantitative estimate of drug-likeness (QED) is 0.585. The molecule has 0 radical (unpaired) electrons. The number of carbonyl (C=O) groups is 2. The van der Waals surface area contributed by atoms with Crippen molar-refractivity contribution in [3.63, 3.8) is 0 Å². The van der Waals surface area contributed by atoms with Gasteiger partial charge in [-0.25, -0.2) is 9.18 Å². The number of para-hydroxylation sites is 1. The second-order valence-corrected chi connectivity index (χ2v) is 8.78. The normalized spacial score (nSPS) is 21.8. The predicted molar refractivity (Wildman–Crippen MR) is 120 cm³/mol. The number of nitrogens with one attached hydrogen (secondary N) is 2. The van der Waals surface area contributed by atoms with Crippen molar-refractivity contribution >= 4 is 22.9 Å². The summed E-state index contributed by atoms with van der Waals surface area (Å²) in [6.07, 6.45) is 2.86. The van der Waals surface area contributed by atoms with Gasteiger partial charge in [-0.05, 0) is 55.6 Å². The molecule has 1 aromatic heterocycles. The molecule has 2 aromatic carbocycles. The Hall–Kier alpha value is -3.52. The number of halogens is 1. The highest BCUT2D eigenvalue weighted by Crippen LogP contribution is 2.34. The maximum atomic E-state index is 14.4. The summed E-state index contributed by atoms with van der Waals surface area (Å²) in [6.45, 7) is 1.72. The molecule has 2 aliphatic heterocycles. The number of likely N-dealkylation sites (tertiary alicyclic amines) is 1. The molecule has 0 saturated carbocycles. The standard InChI is InChI=1S/C25H24FN3O4/c26-20-7-3-1-5-16(20)13-25(23(31)27-24(32)28-25)18-9-11-29(12-10-18)14-17-15-33-21-8-4-2-6-19(21)22(17)30/h1-8,15,18H,9-14H2,(H2,27,28,31,32). The summed E-state index contributed by atoms with van der Waals surface area (Å²) in [6, 6.07) is 12.9. The van der Waals surface area contributed by atoms with Crippen LogP contribution in [-0.4, -0.2) is 35.5 Å². The Morgan fingerprint density at radius 1 is 1.00 bits per heavy atom. The van der Waals surface area contributed by atoms with Crippen LogP contribution in [0, 0.1) is 11.7 Å². The summed E-state index contributed by atoms with van der Waals surface area (Å²) < 4.78 is 20.0. The van der Waals surface area contributed by atoms with Gasteiger partial charge in [-0.1, -0.05) is 30.3 Å². The lowest BCUT2D eigenvalue weighted by molar-refractivity contribution is -0.126. The molecule has 0 bridgehead atoms. The van der Waals surface area contributed by atoms with Crippen LogP contribution in [0.15, 0.2) is 64.0 Å². The van der Waals surface area contributed by atoms with Crippen molar-refractivity contribution in [2.45, 2.75) is 31.3 Å². The van der Waals surface area contributed by atoms with Crippen molar-refractivity contribution in [3.05, 3.63) is 82.0 Å². The molecule has 2 fully saturated rings. The van der Waals surface area contributed by atoms with Crippen LogP contribution in [0.4, 0.5) is 9.18 Å². The monoisotopic (exact) mass is 449 g/mol. The number of hydrogen-bond donors (Lipinski definition) is 2. The fourth-order valence-corrected chi connectivity index (χ4v) is 5.06. The SMILES string of the molecule is O=C1NC(=O)C(Cc2ccccc2F)(C2CCN(Cc3coc4ccccc4c3=O)CC2)N1. The van der Waals surface area contributed by atoms with E-state index in [1.165, 1.54) is 12.3 Å².